The van der Waals surface area contributed by atoms with Crippen molar-refractivity contribution >= 4 is 17.9 Å². The van der Waals surface area contributed by atoms with Crippen molar-refractivity contribution in [3.05, 3.63) is 85.1 Å². The third kappa shape index (κ3) is 55.5. The van der Waals surface area contributed by atoms with Crippen LogP contribution in [0.15, 0.2) is 85.1 Å². The summed E-state index contributed by atoms with van der Waals surface area (Å²) in [5, 5.41) is 0. The fraction of sp³-hybridized carbons (Fsp3) is 0.734. The lowest BCUT2D eigenvalue weighted by molar-refractivity contribution is -0.167. The number of allylic oxidation sites excluding steroid dienone is 14. The number of carbonyl (C=O) groups is 3. The third-order valence-electron chi connectivity index (χ3n) is 12.6. The summed E-state index contributed by atoms with van der Waals surface area (Å²) in [5.74, 6) is -0.932. The SMILES string of the molecule is CC/C=C\C/C=C\C/C=C\C/C=C\C/C=C\CCCCCC(=O)OC(COC(=O)CCCCCCC/C=C\CCC)COC(=O)CCCCCCCCCCCCC/C=C\CCCCCCCCCC. The Kier molecular flexibility index (Phi) is 55.3. The minimum Gasteiger partial charge on any atom is -0.462 e. The van der Waals surface area contributed by atoms with Crippen molar-refractivity contribution in [1.82, 2.24) is 0 Å². The van der Waals surface area contributed by atoms with Crippen molar-refractivity contribution in [2.45, 2.75) is 290 Å². The Hall–Kier alpha value is -3.41. The van der Waals surface area contributed by atoms with Gasteiger partial charge in [-0.3, -0.25) is 14.4 Å². The summed E-state index contributed by atoms with van der Waals surface area (Å²) in [6, 6.07) is 0. The van der Waals surface area contributed by atoms with Crippen LogP contribution in [0.5, 0.6) is 0 Å². The van der Waals surface area contributed by atoms with Gasteiger partial charge in [-0.1, -0.05) is 241 Å². The molecule has 1 unspecified atom stereocenters. The molecule has 0 N–H and O–H groups in total. The Balaban J connectivity index is 4.32. The fourth-order valence-corrected chi connectivity index (χ4v) is 8.17. The van der Waals surface area contributed by atoms with Gasteiger partial charge < -0.3 is 14.2 Å². The number of carbonyl (C=O) groups excluding carboxylic acids is 3. The maximum Gasteiger partial charge on any atom is 0.306 e. The molecule has 70 heavy (non-hydrogen) atoms. The van der Waals surface area contributed by atoms with Crippen LogP contribution in [0.1, 0.15) is 284 Å². The maximum atomic E-state index is 12.8. The van der Waals surface area contributed by atoms with E-state index in [0.29, 0.717) is 12.8 Å². The zero-order valence-electron chi connectivity index (χ0n) is 46.0. The van der Waals surface area contributed by atoms with Crippen LogP contribution in [-0.2, 0) is 28.6 Å². The molecule has 0 radical (unpaired) electrons. The third-order valence-corrected chi connectivity index (χ3v) is 12.6. The molecule has 0 saturated heterocycles. The lowest BCUT2D eigenvalue weighted by Gasteiger charge is -2.18. The van der Waals surface area contributed by atoms with E-state index in [1.165, 1.54) is 128 Å². The highest BCUT2D eigenvalue weighted by molar-refractivity contribution is 5.71. The van der Waals surface area contributed by atoms with E-state index in [4.69, 9.17) is 14.2 Å². The Morgan fingerprint density at radius 3 is 0.957 bits per heavy atom. The molecule has 0 aliphatic heterocycles. The highest BCUT2D eigenvalue weighted by atomic mass is 16.6. The van der Waals surface area contributed by atoms with Gasteiger partial charge in [-0.25, -0.2) is 0 Å². The van der Waals surface area contributed by atoms with Crippen molar-refractivity contribution in [3.8, 4) is 0 Å². The van der Waals surface area contributed by atoms with E-state index < -0.39 is 6.10 Å². The van der Waals surface area contributed by atoms with Gasteiger partial charge in [0.2, 0.25) is 0 Å². The van der Waals surface area contributed by atoms with E-state index in [9.17, 15) is 14.4 Å². The highest BCUT2D eigenvalue weighted by Crippen LogP contribution is 2.15. The molecule has 0 fully saturated rings. The number of esters is 3. The monoisotopic (exact) mass is 975 g/mol. The van der Waals surface area contributed by atoms with Crippen LogP contribution in [0.25, 0.3) is 0 Å². The number of hydrogen-bond donors (Lipinski definition) is 0. The second-order valence-electron chi connectivity index (χ2n) is 19.5. The van der Waals surface area contributed by atoms with Crippen LogP contribution >= 0.6 is 0 Å². The number of unbranched alkanes of at least 4 members (excludes halogenated alkanes) is 28. The van der Waals surface area contributed by atoms with Gasteiger partial charge in [0.1, 0.15) is 13.2 Å². The van der Waals surface area contributed by atoms with E-state index in [1.54, 1.807) is 0 Å². The Morgan fingerprint density at radius 1 is 0.300 bits per heavy atom. The molecule has 0 aliphatic carbocycles. The lowest BCUT2D eigenvalue weighted by Crippen LogP contribution is -2.30. The summed E-state index contributed by atoms with van der Waals surface area (Å²) >= 11 is 0. The summed E-state index contributed by atoms with van der Waals surface area (Å²) in [5.41, 5.74) is 0. The first kappa shape index (κ1) is 66.6. The van der Waals surface area contributed by atoms with Crippen molar-refractivity contribution < 1.29 is 28.6 Å². The van der Waals surface area contributed by atoms with E-state index in [-0.39, 0.29) is 37.5 Å². The predicted molar refractivity (Wildman–Crippen MR) is 302 cm³/mol. The van der Waals surface area contributed by atoms with Gasteiger partial charge >= 0.3 is 17.9 Å². The molecule has 1 atom stereocenters. The molecule has 0 bridgehead atoms. The standard InChI is InChI=1S/C64H110O6/c1-4-7-10-13-16-19-22-24-26-28-30-31-32-33-35-36-38-40-42-45-48-51-54-57-63(66)69-60-61(59-68-62(65)56-53-50-47-44-21-18-15-12-9-6-3)70-64(67)58-55-52-49-46-43-41-39-37-34-29-27-25-23-20-17-14-11-8-5-2/h8,11-12,15,17,20,25,27-28,30,34,37,41,43,61H,4-7,9-10,13-14,16,18-19,21-24,26,29,31-33,35-36,38-40,42,44-60H2,1-3H3/b11-8-,15-12-,20-17-,27-25-,30-28-,37-34-,43-41-. The molecule has 0 spiro atoms. The minimum atomic E-state index is -0.798. The zero-order valence-corrected chi connectivity index (χ0v) is 46.0. The average molecular weight is 976 g/mol. The van der Waals surface area contributed by atoms with Crippen LogP contribution in [0.4, 0.5) is 0 Å². The van der Waals surface area contributed by atoms with Crippen LogP contribution in [0.3, 0.4) is 0 Å². The molecule has 402 valence electrons. The van der Waals surface area contributed by atoms with Crippen LogP contribution in [-0.4, -0.2) is 37.2 Å². The molecule has 0 rings (SSSR count). The largest absolute Gasteiger partial charge is 0.462 e. The summed E-state index contributed by atoms with van der Waals surface area (Å²) in [6.45, 7) is 6.44. The second-order valence-corrected chi connectivity index (χ2v) is 19.5. The van der Waals surface area contributed by atoms with E-state index in [2.05, 4.69) is 106 Å². The Morgan fingerprint density at radius 2 is 0.586 bits per heavy atom. The van der Waals surface area contributed by atoms with E-state index >= 15 is 0 Å². The van der Waals surface area contributed by atoms with Crippen molar-refractivity contribution in [2.24, 2.45) is 0 Å². The van der Waals surface area contributed by atoms with Gasteiger partial charge in [0.15, 0.2) is 6.10 Å². The molecule has 0 amide bonds. The van der Waals surface area contributed by atoms with Crippen LogP contribution in [0, 0.1) is 0 Å². The van der Waals surface area contributed by atoms with Crippen LogP contribution < -0.4 is 0 Å². The van der Waals surface area contributed by atoms with Gasteiger partial charge in [0.05, 0.1) is 0 Å². The number of ether oxygens (including phenoxy) is 3. The molecule has 0 saturated carbocycles. The molecule has 0 aromatic rings. The summed E-state index contributed by atoms with van der Waals surface area (Å²) < 4.78 is 16.8. The van der Waals surface area contributed by atoms with Crippen LogP contribution in [0.2, 0.25) is 0 Å². The minimum absolute atomic E-state index is 0.0926. The van der Waals surface area contributed by atoms with Crippen molar-refractivity contribution in [2.75, 3.05) is 13.2 Å². The maximum absolute atomic E-state index is 12.8. The molecule has 6 nitrogen and oxygen atoms in total. The lowest BCUT2D eigenvalue weighted by atomic mass is 10.0. The first-order chi connectivity index (χ1) is 34.5. The molecular weight excluding hydrogens is 865 g/mol. The Labute approximate surface area is 433 Å². The van der Waals surface area contributed by atoms with Crippen molar-refractivity contribution in [3.63, 3.8) is 0 Å². The topological polar surface area (TPSA) is 78.9 Å². The van der Waals surface area contributed by atoms with Gasteiger partial charge in [-0.2, -0.15) is 0 Å². The summed E-state index contributed by atoms with van der Waals surface area (Å²) in [7, 11) is 0. The first-order valence-corrected chi connectivity index (χ1v) is 29.6. The number of rotatable bonds is 53. The van der Waals surface area contributed by atoms with Gasteiger partial charge in [-0.15, -0.1) is 0 Å². The van der Waals surface area contributed by atoms with Gasteiger partial charge in [0, 0.05) is 19.3 Å². The Bertz CT molecular complexity index is 1350. The first-order valence-electron chi connectivity index (χ1n) is 29.6. The molecule has 6 heteroatoms. The molecule has 0 aromatic carbocycles. The van der Waals surface area contributed by atoms with Gasteiger partial charge in [0.25, 0.3) is 0 Å². The second kappa shape index (κ2) is 58.2. The normalized spacial score (nSPS) is 12.7. The smallest absolute Gasteiger partial charge is 0.306 e. The molecule has 0 aliphatic rings. The van der Waals surface area contributed by atoms with Gasteiger partial charge in [-0.05, 0) is 109 Å². The predicted octanol–water partition coefficient (Wildman–Crippen LogP) is 19.9. The van der Waals surface area contributed by atoms with Crippen molar-refractivity contribution in [1.29, 1.82) is 0 Å². The van der Waals surface area contributed by atoms with E-state index in [0.717, 1.165) is 116 Å². The molecular formula is C64H110O6. The summed E-state index contributed by atoms with van der Waals surface area (Å²) in [4.78, 5) is 38.1. The fourth-order valence-electron chi connectivity index (χ4n) is 8.17. The molecule has 0 aromatic heterocycles. The zero-order chi connectivity index (χ0) is 50.7. The summed E-state index contributed by atoms with van der Waals surface area (Å²) in [6.07, 6.45) is 75.9. The molecule has 0 heterocycles. The quantitative estimate of drug-likeness (QED) is 0.0261. The number of hydrogen-bond acceptors (Lipinski definition) is 6. The highest BCUT2D eigenvalue weighted by Gasteiger charge is 2.19. The average Bonchev–Trinajstić information content (AvgIpc) is 3.36. The van der Waals surface area contributed by atoms with E-state index in [1.807, 2.05) is 0 Å².